The van der Waals surface area contributed by atoms with Gasteiger partial charge in [0.05, 0.1) is 25.4 Å². The number of ether oxygens (including phenoxy) is 3. The second-order valence-electron chi connectivity index (χ2n) is 6.30. The summed E-state index contributed by atoms with van der Waals surface area (Å²) in [5.74, 6) is 0.0394. The Hall–Kier alpha value is -0.900. The molecule has 2 aliphatic rings. The average Bonchev–Trinajstić information content (AvgIpc) is 3.03. The first-order valence-corrected chi connectivity index (χ1v) is 7.61. The summed E-state index contributed by atoms with van der Waals surface area (Å²) in [5.41, 5.74) is 1.24. The summed E-state index contributed by atoms with van der Waals surface area (Å²) in [6, 6.07) is 10.4. The Kier molecular flexibility index (Phi) is 4.11. The highest BCUT2D eigenvalue weighted by molar-refractivity contribution is 5.13. The molecule has 1 saturated heterocycles. The minimum absolute atomic E-state index is 0.188. The van der Waals surface area contributed by atoms with Crippen molar-refractivity contribution in [2.45, 2.75) is 57.7 Å². The molecule has 3 atom stereocenters. The van der Waals surface area contributed by atoms with Gasteiger partial charge < -0.3 is 14.2 Å². The number of rotatable bonds is 4. The average molecular weight is 276 g/mol. The highest BCUT2D eigenvalue weighted by atomic mass is 16.7. The summed E-state index contributed by atoms with van der Waals surface area (Å²) >= 11 is 0. The molecule has 1 heterocycles. The Morgan fingerprint density at radius 1 is 1.20 bits per heavy atom. The van der Waals surface area contributed by atoms with Gasteiger partial charge in [-0.3, -0.25) is 0 Å². The Bertz CT molecular complexity index is 429. The van der Waals surface area contributed by atoms with Crippen molar-refractivity contribution in [3.63, 3.8) is 0 Å². The first kappa shape index (κ1) is 14.1. The lowest BCUT2D eigenvalue weighted by molar-refractivity contribution is -0.150. The molecular weight excluding hydrogens is 252 g/mol. The van der Waals surface area contributed by atoms with E-state index in [1.165, 1.54) is 18.4 Å². The van der Waals surface area contributed by atoms with Crippen molar-refractivity contribution in [2.75, 3.05) is 6.61 Å². The summed E-state index contributed by atoms with van der Waals surface area (Å²) < 4.78 is 17.9. The van der Waals surface area contributed by atoms with Crippen LogP contribution >= 0.6 is 0 Å². The molecule has 0 amide bonds. The van der Waals surface area contributed by atoms with Crippen molar-refractivity contribution in [3.05, 3.63) is 35.9 Å². The van der Waals surface area contributed by atoms with Gasteiger partial charge in [-0.2, -0.15) is 0 Å². The van der Waals surface area contributed by atoms with Crippen molar-refractivity contribution < 1.29 is 14.2 Å². The molecule has 0 bridgehead atoms. The van der Waals surface area contributed by atoms with Crippen molar-refractivity contribution in [3.8, 4) is 0 Å². The largest absolute Gasteiger partial charge is 0.373 e. The van der Waals surface area contributed by atoms with E-state index < -0.39 is 5.79 Å². The molecule has 0 aromatic heterocycles. The first-order chi connectivity index (χ1) is 9.64. The Balaban J connectivity index is 1.56. The minimum atomic E-state index is -0.433. The topological polar surface area (TPSA) is 27.7 Å². The SMILES string of the molecule is CC1(C)OCC([C@@H]2CCC[C@H]2OCc2ccccc2)O1. The predicted octanol–water partition coefficient (Wildman–Crippen LogP) is 3.52. The second-order valence-corrected chi connectivity index (χ2v) is 6.30. The molecule has 1 aromatic rings. The van der Waals surface area contributed by atoms with Gasteiger partial charge in [-0.15, -0.1) is 0 Å². The fourth-order valence-corrected chi connectivity index (χ4v) is 3.29. The van der Waals surface area contributed by atoms with E-state index in [1.54, 1.807) is 0 Å². The van der Waals surface area contributed by atoms with Crippen molar-refractivity contribution in [1.82, 2.24) is 0 Å². The standard InChI is InChI=1S/C17H24O3/c1-17(2)19-12-16(20-17)14-9-6-10-15(14)18-11-13-7-4-3-5-8-13/h3-5,7-8,14-16H,6,9-12H2,1-2H3/t14-,15-,16?/m1/s1. The van der Waals surface area contributed by atoms with E-state index in [2.05, 4.69) is 24.3 Å². The monoisotopic (exact) mass is 276 g/mol. The zero-order valence-electron chi connectivity index (χ0n) is 12.4. The summed E-state index contributed by atoms with van der Waals surface area (Å²) in [4.78, 5) is 0. The van der Waals surface area contributed by atoms with E-state index in [-0.39, 0.29) is 6.10 Å². The molecule has 1 aliphatic carbocycles. The molecule has 3 heteroatoms. The quantitative estimate of drug-likeness (QED) is 0.842. The summed E-state index contributed by atoms with van der Waals surface area (Å²) in [6.45, 7) is 5.37. The lowest BCUT2D eigenvalue weighted by atomic mass is 9.99. The molecule has 2 fully saturated rings. The van der Waals surface area contributed by atoms with Crippen LogP contribution in [0.1, 0.15) is 38.7 Å². The van der Waals surface area contributed by atoms with Gasteiger partial charge in [0.2, 0.25) is 0 Å². The van der Waals surface area contributed by atoms with Crippen LogP contribution in [0, 0.1) is 5.92 Å². The van der Waals surface area contributed by atoms with Gasteiger partial charge >= 0.3 is 0 Å². The molecule has 0 spiro atoms. The molecule has 0 N–H and O–H groups in total. The van der Waals surface area contributed by atoms with E-state index >= 15 is 0 Å². The normalized spacial score (nSPS) is 32.6. The van der Waals surface area contributed by atoms with Crippen molar-refractivity contribution in [1.29, 1.82) is 0 Å². The lowest BCUT2D eigenvalue weighted by Crippen LogP contribution is -2.32. The lowest BCUT2D eigenvalue weighted by Gasteiger charge is -2.26. The minimum Gasteiger partial charge on any atom is -0.373 e. The van der Waals surface area contributed by atoms with Gasteiger partial charge in [0, 0.05) is 5.92 Å². The highest BCUT2D eigenvalue weighted by Gasteiger charge is 2.42. The van der Waals surface area contributed by atoms with Gasteiger partial charge in [0.25, 0.3) is 0 Å². The van der Waals surface area contributed by atoms with E-state index in [4.69, 9.17) is 14.2 Å². The molecule has 0 radical (unpaired) electrons. The highest BCUT2D eigenvalue weighted by Crippen LogP contribution is 2.37. The third-order valence-electron chi connectivity index (χ3n) is 4.32. The van der Waals surface area contributed by atoms with Gasteiger partial charge in [-0.1, -0.05) is 36.8 Å². The van der Waals surface area contributed by atoms with Gasteiger partial charge in [0.1, 0.15) is 0 Å². The fraction of sp³-hybridized carbons (Fsp3) is 0.647. The predicted molar refractivity (Wildman–Crippen MR) is 77.3 cm³/mol. The second kappa shape index (κ2) is 5.84. The molecular formula is C17H24O3. The van der Waals surface area contributed by atoms with Crippen LogP contribution in [-0.4, -0.2) is 24.6 Å². The van der Waals surface area contributed by atoms with Gasteiger partial charge in [-0.25, -0.2) is 0 Å². The molecule has 3 rings (SSSR count). The molecule has 1 saturated carbocycles. The summed E-state index contributed by atoms with van der Waals surface area (Å²) in [6.07, 6.45) is 4.04. The number of benzene rings is 1. The van der Waals surface area contributed by atoms with Crippen LogP contribution in [0.3, 0.4) is 0 Å². The smallest absolute Gasteiger partial charge is 0.163 e. The number of hydrogen-bond donors (Lipinski definition) is 0. The molecule has 20 heavy (non-hydrogen) atoms. The third kappa shape index (κ3) is 3.22. The first-order valence-electron chi connectivity index (χ1n) is 7.61. The van der Waals surface area contributed by atoms with E-state index in [0.717, 1.165) is 6.42 Å². The van der Waals surface area contributed by atoms with Crippen molar-refractivity contribution >= 4 is 0 Å². The van der Waals surface area contributed by atoms with E-state index in [1.807, 2.05) is 19.9 Å². The van der Waals surface area contributed by atoms with Gasteiger partial charge in [0.15, 0.2) is 5.79 Å². The zero-order chi connectivity index (χ0) is 14.0. The molecule has 1 aromatic carbocycles. The Labute approximate surface area is 121 Å². The Morgan fingerprint density at radius 3 is 2.70 bits per heavy atom. The zero-order valence-corrected chi connectivity index (χ0v) is 12.4. The van der Waals surface area contributed by atoms with Crippen molar-refractivity contribution in [2.24, 2.45) is 5.92 Å². The maximum Gasteiger partial charge on any atom is 0.163 e. The van der Waals surface area contributed by atoms with E-state index in [0.29, 0.717) is 25.2 Å². The summed E-state index contributed by atoms with van der Waals surface area (Å²) in [5, 5.41) is 0. The van der Waals surface area contributed by atoms with Crippen LogP contribution in [-0.2, 0) is 20.8 Å². The van der Waals surface area contributed by atoms with Crippen LogP contribution in [0.25, 0.3) is 0 Å². The van der Waals surface area contributed by atoms with Gasteiger partial charge in [-0.05, 0) is 32.3 Å². The van der Waals surface area contributed by atoms with Crippen LogP contribution in [0.4, 0.5) is 0 Å². The molecule has 110 valence electrons. The van der Waals surface area contributed by atoms with Crippen LogP contribution in [0.2, 0.25) is 0 Å². The maximum absolute atomic E-state index is 6.15. The summed E-state index contributed by atoms with van der Waals surface area (Å²) in [7, 11) is 0. The Morgan fingerprint density at radius 2 is 2.00 bits per heavy atom. The fourth-order valence-electron chi connectivity index (χ4n) is 3.29. The van der Waals surface area contributed by atoms with Crippen LogP contribution in [0.15, 0.2) is 30.3 Å². The third-order valence-corrected chi connectivity index (χ3v) is 4.32. The maximum atomic E-state index is 6.15. The van der Waals surface area contributed by atoms with Crippen LogP contribution < -0.4 is 0 Å². The molecule has 1 aliphatic heterocycles. The molecule has 3 nitrogen and oxygen atoms in total. The molecule has 1 unspecified atom stereocenters. The number of hydrogen-bond acceptors (Lipinski definition) is 3. The van der Waals surface area contributed by atoms with E-state index in [9.17, 15) is 0 Å². The van der Waals surface area contributed by atoms with Crippen LogP contribution in [0.5, 0.6) is 0 Å².